The summed E-state index contributed by atoms with van der Waals surface area (Å²) in [4.78, 5) is 0. The summed E-state index contributed by atoms with van der Waals surface area (Å²) in [6.07, 6.45) is 0. The fourth-order valence-electron chi connectivity index (χ4n) is 1.03. The van der Waals surface area contributed by atoms with Crippen LogP contribution in [-0.2, 0) is 0 Å². The van der Waals surface area contributed by atoms with Gasteiger partial charge in [-0.25, -0.2) is 0 Å². The van der Waals surface area contributed by atoms with E-state index in [4.69, 9.17) is 4.74 Å². The average molecular weight is 214 g/mol. The third kappa shape index (κ3) is 4.09. The monoisotopic (exact) mass is 214 g/mol. The van der Waals surface area contributed by atoms with Crippen molar-refractivity contribution in [1.29, 1.82) is 0 Å². The third-order valence-corrected chi connectivity index (χ3v) is 1.74. The van der Waals surface area contributed by atoms with Gasteiger partial charge < -0.3 is 9.84 Å². The zero-order chi connectivity index (χ0) is 12.0. The maximum Gasteiger partial charge on any atom is 0.134 e. The Morgan fingerprint density at radius 2 is 1.88 bits per heavy atom. The van der Waals surface area contributed by atoms with Crippen LogP contribution in [0.3, 0.4) is 0 Å². The van der Waals surface area contributed by atoms with E-state index in [1.165, 1.54) is 0 Å². The summed E-state index contributed by atoms with van der Waals surface area (Å²) in [6, 6.07) is 7.47. The molecule has 16 heavy (non-hydrogen) atoms. The zero-order valence-electron chi connectivity index (χ0n) is 9.66. The Labute approximate surface area is 96.3 Å². The van der Waals surface area contributed by atoms with E-state index in [-0.39, 0.29) is 0 Å². The molecule has 0 amide bonds. The van der Waals surface area contributed by atoms with Crippen molar-refractivity contribution in [3.63, 3.8) is 0 Å². The fraction of sp³-hybridized carbons (Fsp3) is 0.286. The van der Waals surface area contributed by atoms with Gasteiger partial charge in [0.25, 0.3) is 0 Å². The highest BCUT2D eigenvalue weighted by Crippen LogP contribution is 2.15. The number of ether oxygens (including phenoxy) is 1. The largest absolute Gasteiger partial charge is 0.495 e. The van der Waals surface area contributed by atoms with E-state index in [9.17, 15) is 5.11 Å². The molecule has 0 aliphatic carbocycles. The molecule has 0 radical (unpaired) electrons. The fourth-order valence-corrected chi connectivity index (χ4v) is 1.03. The first-order valence-electron chi connectivity index (χ1n) is 4.91. The van der Waals surface area contributed by atoms with Gasteiger partial charge in [-0.2, -0.15) is 0 Å². The smallest absolute Gasteiger partial charge is 0.134 e. The standard InChI is InChI=1S/C14H14O2/c1-14(2,15)11-7-6-9-12-8-4-5-10-13(12)16-3/h4-5,8,10,15H,1-3H3. The second-order valence-electron chi connectivity index (χ2n) is 3.76. The number of aliphatic hydroxyl groups is 1. The topological polar surface area (TPSA) is 29.5 Å². The Balaban J connectivity index is 2.88. The molecule has 0 bridgehead atoms. The Hall–Kier alpha value is -1.90. The normalized spacial score (nSPS) is 9.50. The SMILES string of the molecule is COc1ccccc1C#CC#CC(C)(C)O. The van der Waals surface area contributed by atoms with Crippen LogP contribution in [0.2, 0.25) is 0 Å². The van der Waals surface area contributed by atoms with Gasteiger partial charge in [0.2, 0.25) is 0 Å². The lowest BCUT2D eigenvalue weighted by molar-refractivity contribution is 0.143. The maximum absolute atomic E-state index is 9.35. The molecule has 82 valence electrons. The van der Waals surface area contributed by atoms with E-state index in [0.717, 1.165) is 11.3 Å². The van der Waals surface area contributed by atoms with Crippen molar-refractivity contribution < 1.29 is 9.84 Å². The number of hydrogen-bond donors (Lipinski definition) is 1. The summed E-state index contributed by atoms with van der Waals surface area (Å²) >= 11 is 0. The predicted molar refractivity (Wildman–Crippen MR) is 63.9 cm³/mol. The molecule has 0 aliphatic rings. The summed E-state index contributed by atoms with van der Waals surface area (Å²) in [5.74, 6) is 11.5. The lowest BCUT2D eigenvalue weighted by atomic mass is 10.1. The van der Waals surface area contributed by atoms with Crippen molar-refractivity contribution >= 4 is 0 Å². The molecule has 0 fully saturated rings. The van der Waals surface area contributed by atoms with Crippen LogP contribution in [0.4, 0.5) is 0 Å². The van der Waals surface area contributed by atoms with Gasteiger partial charge in [0.15, 0.2) is 0 Å². The lowest BCUT2D eigenvalue weighted by Crippen LogP contribution is -2.14. The molecule has 0 unspecified atom stereocenters. The van der Waals surface area contributed by atoms with E-state index < -0.39 is 5.60 Å². The molecule has 0 saturated carbocycles. The summed E-state index contributed by atoms with van der Waals surface area (Å²) in [5.41, 5.74) is -0.217. The quantitative estimate of drug-likeness (QED) is 0.723. The van der Waals surface area contributed by atoms with E-state index in [1.807, 2.05) is 24.3 Å². The highest BCUT2D eigenvalue weighted by molar-refractivity contribution is 5.48. The molecule has 1 N–H and O–H groups in total. The Kier molecular flexibility index (Phi) is 4.00. The molecule has 0 spiro atoms. The summed E-state index contributed by atoms with van der Waals surface area (Å²) in [7, 11) is 1.60. The van der Waals surface area contributed by atoms with Gasteiger partial charge in [0, 0.05) is 0 Å². The molecular formula is C14H14O2. The van der Waals surface area contributed by atoms with Crippen LogP contribution in [0.5, 0.6) is 5.75 Å². The van der Waals surface area contributed by atoms with Crippen molar-refractivity contribution in [2.75, 3.05) is 7.11 Å². The molecule has 0 saturated heterocycles. The second kappa shape index (κ2) is 5.26. The van der Waals surface area contributed by atoms with Gasteiger partial charge >= 0.3 is 0 Å². The first-order valence-corrected chi connectivity index (χ1v) is 4.91. The van der Waals surface area contributed by atoms with Crippen LogP contribution in [-0.4, -0.2) is 17.8 Å². The van der Waals surface area contributed by atoms with E-state index in [2.05, 4.69) is 23.7 Å². The van der Waals surface area contributed by atoms with Crippen LogP contribution < -0.4 is 4.74 Å². The highest BCUT2D eigenvalue weighted by Gasteiger charge is 2.04. The minimum atomic E-state index is -1.00. The number of para-hydroxylation sites is 1. The van der Waals surface area contributed by atoms with E-state index >= 15 is 0 Å². The van der Waals surface area contributed by atoms with E-state index in [1.54, 1.807) is 21.0 Å². The molecule has 0 atom stereocenters. The van der Waals surface area contributed by atoms with Crippen molar-refractivity contribution in [1.82, 2.24) is 0 Å². The number of methoxy groups -OCH3 is 1. The van der Waals surface area contributed by atoms with Crippen LogP contribution in [0.15, 0.2) is 24.3 Å². The summed E-state index contributed by atoms with van der Waals surface area (Å²) in [6.45, 7) is 3.23. The minimum absolute atomic E-state index is 0.722. The summed E-state index contributed by atoms with van der Waals surface area (Å²) in [5, 5.41) is 9.35. The molecule has 1 aromatic carbocycles. The van der Waals surface area contributed by atoms with Crippen LogP contribution >= 0.6 is 0 Å². The second-order valence-corrected chi connectivity index (χ2v) is 3.76. The minimum Gasteiger partial charge on any atom is -0.495 e. The van der Waals surface area contributed by atoms with Gasteiger partial charge in [0.05, 0.1) is 12.7 Å². The molecule has 0 aliphatic heterocycles. The molecule has 2 heteroatoms. The molecule has 1 rings (SSSR count). The third-order valence-electron chi connectivity index (χ3n) is 1.74. The Bertz CT molecular complexity index is 473. The molecule has 0 aromatic heterocycles. The zero-order valence-corrected chi connectivity index (χ0v) is 9.66. The van der Waals surface area contributed by atoms with Gasteiger partial charge in [-0.15, -0.1) is 0 Å². The van der Waals surface area contributed by atoms with Crippen LogP contribution in [0.25, 0.3) is 0 Å². The van der Waals surface area contributed by atoms with Crippen LogP contribution in [0, 0.1) is 23.7 Å². The number of hydrogen-bond acceptors (Lipinski definition) is 2. The first kappa shape index (κ1) is 12.2. The van der Waals surface area contributed by atoms with Gasteiger partial charge in [-0.1, -0.05) is 18.1 Å². The Morgan fingerprint density at radius 1 is 1.19 bits per heavy atom. The lowest BCUT2D eigenvalue weighted by Gasteiger charge is -2.04. The molecular weight excluding hydrogens is 200 g/mol. The number of rotatable bonds is 1. The van der Waals surface area contributed by atoms with Crippen molar-refractivity contribution in [3.8, 4) is 29.4 Å². The van der Waals surface area contributed by atoms with Crippen LogP contribution in [0.1, 0.15) is 19.4 Å². The molecule has 1 aromatic rings. The maximum atomic E-state index is 9.35. The summed E-state index contributed by atoms with van der Waals surface area (Å²) < 4.78 is 5.14. The van der Waals surface area contributed by atoms with Crippen molar-refractivity contribution in [3.05, 3.63) is 29.8 Å². The van der Waals surface area contributed by atoms with Gasteiger partial charge in [-0.3, -0.25) is 0 Å². The first-order chi connectivity index (χ1) is 7.53. The van der Waals surface area contributed by atoms with Gasteiger partial charge in [0.1, 0.15) is 11.4 Å². The molecule has 0 heterocycles. The average Bonchev–Trinajstić information content (AvgIpc) is 2.23. The van der Waals surface area contributed by atoms with Gasteiger partial charge in [-0.05, 0) is 43.7 Å². The van der Waals surface area contributed by atoms with Crippen molar-refractivity contribution in [2.24, 2.45) is 0 Å². The van der Waals surface area contributed by atoms with E-state index in [0.29, 0.717) is 0 Å². The number of benzene rings is 1. The highest BCUT2D eigenvalue weighted by atomic mass is 16.5. The Morgan fingerprint density at radius 3 is 2.50 bits per heavy atom. The van der Waals surface area contributed by atoms with Crippen molar-refractivity contribution in [2.45, 2.75) is 19.4 Å². The molecule has 2 nitrogen and oxygen atoms in total. The predicted octanol–water partition coefficient (Wildman–Crippen LogP) is 1.82.